The number of hydrogen-bond acceptors (Lipinski definition) is 12. The van der Waals surface area contributed by atoms with Crippen molar-refractivity contribution in [2.24, 2.45) is 5.92 Å². The summed E-state index contributed by atoms with van der Waals surface area (Å²) in [6, 6.07) is 4.96. The molecule has 5 rings (SSSR count). The molecular formula is C31H39FN6O4S3. The number of aromatic nitrogens is 4. The van der Waals surface area contributed by atoms with Crippen LogP contribution in [-0.4, -0.2) is 79.6 Å². The Kier molecular flexibility index (Phi) is 9.71. The minimum absolute atomic E-state index is 0.117. The molecular weight excluding hydrogens is 636 g/mol. The molecule has 4 N–H and O–H groups in total. The Morgan fingerprint density at radius 1 is 1.07 bits per heavy atom. The number of aliphatic hydroxyl groups is 2. The van der Waals surface area contributed by atoms with Crippen LogP contribution in [0, 0.1) is 32.5 Å². The van der Waals surface area contributed by atoms with Crippen LogP contribution in [0.25, 0.3) is 20.8 Å². The molecule has 4 atom stereocenters. The Morgan fingerprint density at radius 2 is 1.82 bits per heavy atom. The molecule has 1 aromatic carbocycles. The van der Waals surface area contributed by atoms with Gasteiger partial charge in [-0.1, -0.05) is 26.8 Å². The van der Waals surface area contributed by atoms with Crippen LogP contribution in [0.2, 0.25) is 0 Å². The van der Waals surface area contributed by atoms with Gasteiger partial charge in [0, 0.05) is 29.2 Å². The van der Waals surface area contributed by atoms with Gasteiger partial charge in [0.2, 0.25) is 5.95 Å². The van der Waals surface area contributed by atoms with Crippen molar-refractivity contribution in [2.75, 3.05) is 28.7 Å². The van der Waals surface area contributed by atoms with E-state index in [1.165, 1.54) is 23.5 Å². The van der Waals surface area contributed by atoms with Crippen molar-refractivity contribution in [3.05, 3.63) is 53.2 Å². The highest BCUT2D eigenvalue weighted by Crippen LogP contribution is 2.39. The highest BCUT2D eigenvalue weighted by Gasteiger charge is 2.44. The maximum absolute atomic E-state index is 14.2. The molecule has 1 aliphatic rings. The summed E-state index contributed by atoms with van der Waals surface area (Å²) < 4.78 is 41.6. The fourth-order valence-corrected chi connectivity index (χ4v) is 8.95. The number of fused-ring (bicyclic) bond motifs is 1. The molecule has 0 radical (unpaired) electrons. The van der Waals surface area contributed by atoms with Crippen LogP contribution < -0.4 is 10.6 Å². The van der Waals surface area contributed by atoms with Crippen molar-refractivity contribution in [1.82, 2.24) is 19.9 Å². The van der Waals surface area contributed by atoms with Crippen molar-refractivity contribution in [3.8, 4) is 10.6 Å². The topological polar surface area (TPSA) is 150 Å². The molecule has 3 heterocycles. The van der Waals surface area contributed by atoms with Gasteiger partial charge in [0.1, 0.15) is 28.3 Å². The lowest BCUT2D eigenvalue weighted by Crippen LogP contribution is -2.36. The average Bonchev–Trinajstić information content (AvgIpc) is 3.49. The zero-order valence-electron chi connectivity index (χ0n) is 26.1. The second kappa shape index (κ2) is 13.1. The summed E-state index contributed by atoms with van der Waals surface area (Å²) in [5.74, 6) is -0.184. The molecule has 4 aromatic rings. The van der Waals surface area contributed by atoms with E-state index in [4.69, 9.17) is 15.0 Å². The normalized spacial score (nSPS) is 20.6. The van der Waals surface area contributed by atoms with Crippen molar-refractivity contribution >= 4 is 54.9 Å². The number of thioether (sulfide) groups is 1. The number of benzene rings is 1. The first-order valence-corrected chi connectivity index (χ1v) is 18.2. The van der Waals surface area contributed by atoms with Crippen LogP contribution in [0.1, 0.15) is 44.1 Å². The zero-order valence-corrected chi connectivity index (χ0v) is 28.6. The van der Waals surface area contributed by atoms with E-state index in [1.54, 1.807) is 13.1 Å². The van der Waals surface area contributed by atoms with Crippen molar-refractivity contribution < 1.29 is 23.0 Å². The first-order chi connectivity index (χ1) is 21.1. The fourth-order valence-electron chi connectivity index (χ4n) is 5.37. The molecule has 0 bridgehead atoms. The molecule has 3 aromatic heterocycles. The highest BCUT2D eigenvalue weighted by atomic mass is 32.2. The number of thiazole rings is 1. The molecule has 1 saturated carbocycles. The smallest absolute Gasteiger partial charge is 0.224 e. The van der Waals surface area contributed by atoms with E-state index in [2.05, 4.69) is 36.4 Å². The summed E-state index contributed by atoms with van der Waals surface area (Å²) in [6.07, 6.45) is -0.710. The molecule has 242 valence electrons. The van der Waals surface area contributed by atoms with E-state index in [9.17, 15) is 23.0 Å². The quantitative estimate of drug-likeness (QED) is 0.165. The van der Waals surface area contributed by atoms with Gasteiger partial charge in [-0.3, -0.25) is 4.98 Å². The van der Waals surface area contributed by atoms with Gasteiger partial charge in [-0.15, -0.1) is 11.3 Å². The molecule has 1 fully saturated rings. The Bertz CT molecular complexity index is 1810. The Labute approximate surface area is 271 Å². The molecule has 0 spiro atoms. The molecule has 0 saturated heterocycles. The fraction of sp³-hybridized carbons (Fsp3) is 0.484. The monoisotopic (exact) mass is 674 g/mol. The molecule has 14 heteroatoms. The van der Waals surface area contributed by atoms with Gasteiger partial charge < -0.3 is 20.8 Å². The molecule has 1 aliphatic carbocycles. The zero-order chi connectivity index (χ0) is 32.7. The lowest BCUT2D eigenvalue weighted by Gasteiger charge is -2.21. The van der Waals surface area contributed by atoms with E-state index in [1.807, 2.05) is 31.7 Å². The third-order valence-electron chi connectivity index (χ3n) is 7.77. The maximum Gasteiger partial charge on any atom is 0.224 e. The summed E-state index contributed by atoms with van der Waals surface area (Å²) in [4.78, 5) is 18.5. The van der Waals surface area contributed by atoms with Crippen LogP contribution in [0.4, 0.5) is 16.2 Å². The molecule has 0 amide bonds. The first-order valence-electron chi connectivity index (χ1n) is 14.7. The largest absolute Gasteiger partial charge is 0.390 e. The summed E-state index contributed by atoms with van der Waals surface area (Å²) in [5, 5.41) is 29.3. The number of sulfone groups is 1. The van der Waals surface area contributed by atoms with E-state index >= 15 is 0 Å². The highest BCUT2D eigenvalue weighted by molar-refractivity contribution is 8.00. The number of hydrogen-bond donors (Lipinski definition) is 4. The Hall–Kier alpha value is -2.91. The van der Waals surface area contributed by atoms with Crippen molar-refractivity contribution in [1.29, 1.82) is 0 Å². The van der Waals surface area contributed by atoms with Crippen LogP contribution >= 0.6 is 23.1 Å². The minimum Gasteiger partial charge on any atom is -0.390 e. The molecule has 0 unspecified atom stereocenters. The summed E-state index contributed by atoms with van der Waals surface area (Å²) >= 11 is 3.29. The molecule has 10 nitrogen and oxygen atoms in total. The summed E-state index contributed by atoms with van der Waals surface area (Å²) in [7, 11) is -3.93. The number of nitrogens with zero attached hydrogens (tertiary/aromatic N) is 4. The predicted molar refractivity (Wildman–Crippen MR) is 179 cm³/mol. The second-order valence-corrected chi connectivity index (χ2v) is 17.4. The minimum atomic E-state index is -3.93. The van der Waals surface area contributed by atoms with Crippen LogP contribution in [0.5, 0.6) is 0 Å². The van der Waals surface area contributed by atoms with E-state index in [0.29, 0.717) is 40.1 Å². The Balaban J connectivity index is 1.44. The van der Waals surface area contributed by atoms with Gasteiger partial charge in [-0.25, -0.2) is 22.8 Å². The first kappa shape index (κ1) is 33.5. The summed E-state index contributed by atoms with van der Waals surface area (Å²) in [5.41, 5.74) is 3.23. The van der Waals surface area contributed by atoms with Crippen LogP contribution in [0.15, 0.2) is 35.4 Å². The van der Waals surface area contributed by atoms with Gasteiger partial charge in [0.15, 0.2) is 9.84 Å². The molecule has 0 aliphatic heterocycles. The predicted octanol–water partition coefficient (Wildman–Crippen LogP) is 5.15. The van der Waals surface area contributed by atoms with Crippen LogP contribution in [0.3, 0.4) is 0 Å². The second-order valence-electron chi connectivity index (χ2n) is 12.4. The number of rotatable bonds is 10. The van der Waals surface area contributed by atoms with Gasteiger partial charge in [-0.05, 0) is 51.0 Å². The molecule has 45 heavy (non-hydrogen) atoms. The van der Waals surface area contributed by atoms with Gasteiger partial charge in [-0.2, -0.15) is 16.7 Å². The van der Waals surface area contributed by atoms with Gasteiger partial charge in [0.05, 0.1) is 44.4 Å². The van der Waals surface area contributed by atoms with E-state index < -0.39 is 45.6 Å². The lowest BCUT2D eigenvalue weighted by molar-refractivity contribution is 0.0216. The number of nitrogens with one attached hydrogen (secondary N) is 2. The van der Waals surface area contributed by atoms with E-state index in [-0.39, 0.29) is 16.1 Å². The van der Waals surface area contributed by atoms with Crippen LogP contribution in [-0.2, 0) is 9.84 Å². The maximum atomic E-state index is 14.2. The number of aryl methyl sites for hydroxylation is 3. The number of aliphatic hydroxyl groups excluding tert-OH is 2. The lowest BCUT2D eigenvalue weighted by atomic mass is 10.1. The van der Waals surface area contributed by atoms with Gasteiger partial charge in [0.25, 0.3) is 0 Å². The number of anilines is 2. The SMILES string of the molecule is Cc1ccc(S(=O)(=O)C[C@H]2C[C@@H](Nc3nc(NCCSC(C)(C)C)nc(C)c3-c3nc4c(C)nccc4s3)[C@H](O)[C@@H]2O)cc1F. The Morgan fingerprint density at radius 3 is 2.51 bits per heavy atom. The third kappa shape index (κ3) is 7.57. The van der Waals surface area contributed by atoms with Crippen molar-refractivity contribution in [3.63, 3.8) is 0 Å². The van der Waals surface area contributed by atoms with Gasteiger partial charge >= 0.3 is 0 Å². The standard InChI is InChI=1S/C31H39FN6O4S3/c1-16-7-8-20(14-21(16)32)45(41,42)15-19-13-22(27(40)26(19)39)36-28-24(29-37-25-18(3)33-10-9-23(25)44-29)17(2)35-30(38-28)34-11-12-43-31(4,5)6/h7-10,14,19,22,26-27,39-40H,11-13,15H2,1-6H3,(H2,34,35,36,38)/t19-,22-,26-,27+/m1/s1. The summed E-state index contributed by atoms with van der Waals surface area (Å²) in [6.45, 7) is 12.4. The number of halogens is 1. The number of pyridine rings is 1. The third-order valence-corrected chi connectivity index (χ3v) is 11.9. The van der Waals surface area contributed by atoms with Crippen molar-refractivity contribution in [2.45, 2.75) is 75.9 Å². The average molecular weight is 675 g/mol. The van der Waals surface area contributed by atoms with E-state index in [0.717, 1.165) is 27.7 Å².